The van der Waals surface area contributed by atoms with Crippen LogP contribution in [-0.2, 0) is 7.05 Å². The lowest BCUT2D eigenvalue weighted by Crippen LogP contribution is -2.22. The Morgan fingerprint density at radius 1 is 1.11 bits per heavy atom. The van der Waals surface area contributed by atoms with Crippen LogP contribution in [0.3, 0.4) is 0 Å². The fourth-order valence-electron chi connectivity index (χ4n) is 4.98. The van der Waals surface area contributed by atoms with Gasteiger partial charge in [-0.25, -0.2) is 13.6 Å². The number of hydrogen-bond acceptors (Lipinski definition) is 4. The van der Waals surface area contributed by atoms with Gasteiger partial charge in [0, 0.05) is 30.8 Å². The SMILES string of the molecule is Cn1ccc(C(F)F)n1.NC(=O)c1cc(C(=O)O)ccc1C(=O)Nc1cccc2c1[C@H]1CC[C@@H]2C1=C(Cl)Cl. The molecule has 1 heterocycles. The minimum Gasteiger partial charge on any atom is -0.478 e. The maximum Gasteiger partial charge on any atom is 0.335 e. The number of anilines is 1. The van der Waals surface area contributed by atoms with Gasteiger partial charge < -0.3 is 16.2 Å². The molecule has 2 amide bonds. The average molecular weight is 563 g/mol. The predicted octanol–water partition coefficient (Wildman–Crippen LogP) is 5.76. The third-order valence-electron chi connectivity index (χ3n) is 6.56. The number of nitrogens with two attached hydrogens (primary N) is 1. The summed E-state index contributed by atoms with van der Waals surface area (Å²) in [6, 6.07) is 10.6. The summed E-state index contributed by atoms with van der Waals surface area (Å²) in [4.78, 5) is 35.8. The van der Waals surface area contributed by atoms with Crippen LogP contribution in [0.1, 0.15) is 79.0 Å². The second-order valence-electron chi connectivity index (χ2n) is 8.81. The van der Waals surface area contributed by atoms with Crippen molar-refractivity contribution in [2.24, 2.45) is 12.8 Å². The molecule has 2 aliphatic carbocycles. The third-order valence-corrected chi connectivity index (χ3v) is 7.00. The smallest absolute Gasteiger partial charge is 0.335 e. The maximum atomic E-state index is 12.9. The van der Waals surface area contributed by atoms with Gasteiger partial charge in [-0.05, 0) is 59.9 Å². The molecule has 3 aromatic rings. The van der Waals surface area contributed by atoms with Crippen LogP contribution in [0, 0.1) is 0 Å². The van der Waals surface area contributed by atoms with Crippen molar-refractivity contribution >= 4 is 46.7 Å². The van der Waals surface area contributed by atoms with E-state index in [2.05, 4.69) is 10.4 Å². The molecule has 12 heteroatoms. The maximum absolute atomic E-state index is 12.9. The summed E-state index contributed by atoms with van der Waals surface area (Å²) in [5.41, 5.74) is 8.58. The van der Waals surface area contributed by atoms with Gasteiger partial charge in [0.15, 0.2) is 0 Å². The van der Waals surface area contributed by atoms with Gasteiger partial charge in [-0.3, -0.25) is 14.3 Å². The minimum absolute atomic E-state index is 0.00870. The summed E-state index contributed by atoms with van der Waals surface area (Å²) >= 11 is 12.2. The van der Waals surface area contributed by atoms with Crippen molar-refractivity contribution in [3.05, 3.63) is 92.2 Å². The van der Waals surface area contributed by atoms with Gasteiger partial charge in [0.1, 0.15) is 10.2 Å². The van der Waals surface area contributed by atoms with E-state index >= 15 is 0 Å². The normalized spacial score (nSPS) is 17.1. The Morgan fingerprint density at radius 2 is 1.82 bits per heavy atom. The lowest BCUT2D eigenvalue weighted by Gasteiger charge is -2.19. The molecule has 4 N–H and O–H groups in total. The van der Waals surface area contributed by atoms with E-state index in [1.165, 1.54) is 29.1 Å². The zero-order chi connectivity index (χ0) is 27.7. The molecular formula is C26H22Cl2F2N4O4. The van der Waals surface area contributed by atoms with Crippen LogP contribution in [0.4, 0.5) is 14.5 Å². The number of nitrogens with one attached hydrogen (secondary N) is 1. The van der Waals surface area contributed by atoms with E-state index in [4.69, 9.17) is 34.0 Å². The summed E-state index contributed by atoms with van der Waals surface area (Å²) in [7, 11) is 1.60. The Labute approximate surface area is 226 Å². The fourth-order valence-corrected chi connectivity index (χ4v) is 5.50. The van der Waals surface area contributed by atoms with Crippen LogP contribution in [0.25, 0.3) is 0 Å². The Balaban J connectivity index is 0.000000317. The van der Waals surface area contributed by atoms with Crippen molar-refractivity contribution in [3.63, 3.8) is 0 Å². The third kappa shape index (κ3) is 5.27. The molecule has 0 saturated heterocycles. The monoisotopic (exact) mass is 562 g/mol. The number of amides is 2. The Morgan fingerprint density at radius 3 is 2.37 bits per heavy atom. The van der Waals surface area contributed by atoms with Crippen LogP contribution < -0.4 is 11.1 Å². The van der Waals surface area contributed by atoms with Crippen molar-refractivity contribution in [1.29, 1.82) is 0 Å². The van der Waals surface area contributed by atoms with Crippen LogP contribution in [0.5, 0.6) is 0 Å². The Bertz CT molecular complexity index is 1470. The van der Waals surface area contributed by atoms with E-state index in [1.54, 1.807) is 13.1 Å². The molecule has 0 unspecified atom stereocenters. The predicted molar refractivity (Wildman–Crippen MR) is 138 cm³/mol. The topological polar surface area (TPSA) is 127 Å². The van der Waals surface area contributed by atoms with Crippen molar-refractivity contribution in [3.8, 4) is 0 Å². The summed E-state index contributed by atoms with van der Waals surface area (Å²) in [6.45, 7) is 0. The number of aromatic carboxylic acids is 1. The number of carbonyl (C=O) groups is 3. The molecule has 198 valence electrons. The van der Waals surface area contributed by atoms with Crippen molar-refractivity contribution in [2.45, 2.75) is 31.1 Å². The standard InChI is InChI=1S/C21H16Cl2N2O4.C5H6F2N2/c22-18(23)17-11-6-7-13(17)16-10(11)2-1-3-15(16)25-20(27)12-5-4-9(21(28)29)8-14(12)19(24)26;1-9-3-2-4(8-9)5(6)7/h1-5,8,11,13H,6-7H2,(H2,24,26)(H,25,27)(H,28,29);2-3,5H,1H3/t11-,13+;/m0./s1. The molecular weight excluding hydrogens is 541 g/mol. The first-order valence-electron chi connectivity index (χ1n) is 11.4. The molecule has 8 nitrogen and oxygen atoms in total. The zero-order valence-corrected chi connectivity index (χ0v) is 21.4. The number of rotatable bonds is 5. The zero-order valence-electron chi connectivity index (χ0n) is 19.9. The molecule has 1 fully saturated rings. The number of allylic oxidation sites excluding steroid dienone is 1. The first kappa shape index (κ1) is 27.3. The van der Waals surface area contributed by atoms with Gasteiger partial charge in [-0.1, -0.05) is 35.3 Å². The lowest BCUT2D eigenvalue weighted by molar-refractivity contribution is 0.0696. The number of primary amides is 1. The van der Waals surface area contributed by atoms with Gasteiger partial charge in [0.05, 0.1) is 16.7 Å². The molecule has 2 aliphatic rings. The largest absolute Gasteiger partial charge is 0.478 e. The van der Waals surface area contributed by atoms with Gasteiger partial charge >= 0.3 is 5.97 Å². The van der Waals surface area contributed by atoms with Gasteiger partial charge in [-0.2, -0.15) is 5.10 Å². The summed E-state index contributed by atoms with van der Waals surface area (Å²) < 4.78 is 25.0. The second-order valence-corrected chi connectivity index (χ2v) is 9.76. The number of carboxylic acids is 1. The molecule has 0 spiro atoms. The van der Waals surface area contributed by atoms with E-state index in [0.717, 1.165) is 35.6 Å². The number of benzene rings is 2. The molecule has 5 rings (SSSR count). The van der Waals surface area contributed by atoms with Gasteiger partial charge in [-0.15, -0.1) is 0 Å². The van der Waals surface area contributed by atoms with E-state index in [9.17, 15) is 23.2 Å². The van der Waals surface area contributed by atoms with E-state index in [0.29, 0.717) is 5.69 Å². The van der Waals surface area contributed by atoms with Crippen LogP contribution in [0.15, 0.2) is 58.7 Å². The number of aromatic nitrogens is 2. The molecule has 1 aromatic heterocycles. The van der Waals surface area contributed by atoms with E-state index < -0.39 is 24.2 Å². The molecule has 1 saturated carbocycles. The quantitative estimate of drug-likeness (QED) is 0.364. The minimum atomic E-state index is -2.45. The summed E-state index contributed by atoms with van der Waals surface area (Å²) in [5.74, 6) is -2.45. The highest BCUT2D eigenvalue weighted by molar-refractivity contribution is 6.56. The highest BCUT2D eigenvalue weighted by Gasteiger charge is 2.44. The number of aryl methyl sites for hydroxylation is 1. The number of carbonyl (C=O) groups excluding carboxylic acids is 2. The van der Waals surface area contributed by atoms with Crippen LogP contribution >= 0.6 is 23.2 Å². The lowest BCUT2D eigenvalue weighted by atomic mass is 9.90. The average Bonchev–Trinajstić information content (AvgIpc) is 3.58. The summed E-state index contributed by atoms with van der Waals surface area (Å²) in [6.07, 6.45) is 0.881. The number of alkyl halides is 2. The highest BCUT2D eigenvalue weighted by atomic mass is 35.5. The first-order valence-corrected chi connectivity index (χ1v) is 12.2. The van der Waals surface area contributed by atoms with E-state index in [-0.39, 0.29) is 38.7 Å². The molecule has 38 heavy (non-hydrogen) atoms. The second kappa shape index (κ2) is 10.9. The number of nitrogens with zero attached hydrogens (tertiary/aromatic N) is 2. The molecule has 2 bridgehead atoms. The number of hydrogen-bond donors (Lipinski definition) is 3. The Hall–Kier alpha value is -3.76. The molecule has 2 aromatic carbocycles. The summed E-state index contributed by atoms with van der Waals surface area (Å²) in [5, 5.41) is 15.4. The van der Waals surface area contributed by atoms with Crippen molar-refractivity contribution in [2.75, 3.05) is 5.32 Å². The number of carboxylic acid groups (broad SMARTS) is 1. The van der Waals surface area contributed by atoms with Gasteiger partial charge in [0.25, 0.3) is 12.3 Å². The molecule has 0 aliphatic heterocycles. The van der Waals surface area contributed by atoms with E-state index in [1.807, 2.05) is 12.1 Å². The molecule has 2 atom stereocenters. The van der Waals surface area contributed by atoms with Gasteiger partial charge in [0.2, 0.25) is 5.91 Å². The number of halogens is 4. The van der Waals surface area contributed by atoms with Crippen LogP contribution in [-0.4, -0.2) is 32.7 Å². The fraction of sp³-hybridized carbons (Fsp3) is 0.231. The molecule has 0 radical (unpaired) electrons. The van der Waals surface area contributed by atoms with Crippen molar-refractivity contribution in [1.82, 2.24) is 9.78 Å². The van der Waals surface area contributed by atoms with Crippen LogP contribution in [0.2, 0.25) is 0 Å². The Kier molecular flexibility index (Phi) is 7.84. The number of fused-ring (bicyclic) bond motifs is 5. The first-order chi connectivity index (χ1) is 18.0. The van der Waals surface area contributed by atoms with Crippen molar-refractivity contribution < 1.29 is 28.3 Å². The highest BCUT2D eigenvalue weighted by Crippen LogP contribution is 2.60.